The van der Waals surface area contributed by atoms with Gasteiger partial charge in [0, 0.05) is 0 Å². The normalized spacial score (nSPS) is 8.11. The molecule has 0 saturated carbocycles. The molecule has 4 nitrogen and oxygen atoms in total. The summed E-state index contributed by atoms with van der Waals surface area (Å²) in [6.07, 6.45) is 0.0208. The predicted octanol–water partition coefficient (Wildman–Crippen LogP) is -0.258. The van der Waals surface area contributed by atoms with E-state index in [1.807, 2.05) is 0 Å². The number of hydrogen-bond acceptors (Lipinski definition) is 4. The van der Waals surface area contributed by atoms with Crippen LogP contribution < -0.4 is 0 Å². The average Bonchev–Trinajstić information content (AvgIpc) is 1.95. The summed E-state index contributed by atoms with van der Waals surface area (Å²) in [5.74, 6) is 0. The van der Waals surface area contributed by atoms with Crippen molar-refractivity contribution in [2.75, 3.05) is 0 Å². The fourth-order valence-electron chi connectivity index (χ4n) is 0.154. The van der Waals surface area contributed by atoms with Crippen LogP contribution in [0.15, 0.2) is 0 Å². The first-order chi connectivity index (χ1) is 4.24. The van der Waals surface area contributed by atoms with Crippen LogP contribution in [0.3, 0.4) is 0 Å². The SMILES string of the molecule is N#CC(C#N)(C#N)C=O. The van der Waals surface area contributed by atoms with Crippen LogP contribution in [0.5, 0.6) is 0 Å². The van der Waals surface area contributed by atoms with Crippen molar-refractivity contribution in [2.24, 2.45) is 5.41 Å². The number of aldehydes is 1. The maximum absolute atomic E-state index is 9.85. The highest BCUT2D eigenvalue weighted by Gasteiger charge is 2.28. The van der Waals surface area contributed by atoms with E-state index in [0.717, 1.165) is 0 Å². The van der Waals surface area contributed by atoms with E-state index in [1.54, 1.807) is 0 Å². The summed E-state index contributed by atoms with van der Waals surface area (Å²) in [5, 5.41) is 24.2. The molecule has 0 aromatic carbocycles. The number of rotatable bonds is 1. The molecular weight excluding hydrogens is 118 g/mol. The highest BCUT2D eigenvalue weighted by molar-refractivity contribution is 5.73. The highest BCUT2D eigenvalue weighted by atomic mass is 16.1. The summed E-state index contributed by atoms with van der Waals surface area (Å²) < 4.78 is 0. The molecule has 0 atom stereocenters. The second-order valence-electron chi connectivity index (χ2n) is 1.26. The molecule has 0 unspecified atom stereocenters. The van der Waals surface area contributed by atoms with E-state index in [4.69, 9.17) is 15.8 Å². The Morgan fingerprint density at radius 3 is 1.44 bits per heavy atom. The molecule has 0 heterocycles. The third-order valence-electron chi connectivity index (χ3n) is 0.706. The molecule has 0 fully saturated rings. The summed E-state index contributed by atoms with van der Waals surface area (Å²) in [5.41, 5.74) is -2.10. The van der Waals surface area contributed by atoms with Crippen molar-refractivity contribution in [3.05, 3.63) is 0 Å². The average molecular weight is 119 g/mol. The molecule has 0 bridgehead atoms. The Bertz CT molecular complexity index is 200. The van der Waals surface area contributed by atoms with Gasteiger partial charge in [0.15, 0.2) is 6.29 Å². The van der Waals surface area contributed by atoms with Crippen molar-refractivity contribution in [3.63, 3.8) is 0 Å². The van der Waals surface area contributed by atoms with Gasteiger partial charge in [-0.25, -0.2) is 0 Å². The van der Waals surface area contributed by atoms with Crippen LogP contribution in [0.1, 0.15) is 0 Å². The number of carbonyl (C=O) groups excluding carboxylic acids is 1. The van der Waals surface area contributed by atoms with Gasteiger partial charge in [-0.15, -0.1) is 0 Å². The fraction of sp³-hybridized carbons (Fsp3) is 0.200. The lowest BCUT2D eigenvalue weighted by molar-refractivity contribution is -0.110. The van der Waals surface area contributed by atoms with E-state index >= 15 is 0 Å². The number of nitriles is 3. The lowest BCUT2D eigenvalue weighted by Crippen LogP contribution is -2.13. The molecule has 42 valence electrons. The van der Waals surface area contributed by atoms with Crippen LogP contribution in [0.25, 0.3) is 0 Å². The Morgan fingerprint density at radius 2 is 1.44 bits per heavy atom. The van der Waals surface area contributed by atoms with Crippen molar-refractivity contribution < 1.29 is 4.79 Å². The summed E-state index contributed by atoms with van der Waals surface area (Å²) in [6, 6.07) is 3.82. The smallest absolute Gasteiger partial charge is 0.282 e. The Hall–Kier alpha value is -1.86. The minimum Gasteiger partial charge on any atom is -0.299 e. The minimum absolute atomic E-state index is 0.0208. The molecule has 4 heteroatoms. The standard InChI is InChI=1S/C5HN3O/c6-1-5(2-7,3-8)4-9/h4H. The van der Waals surface area contributed by atoms with Crippen molar-refractivity contribution in [1.82, 2.24) is 0 Å². The molecule has 9 heavy (non-hydrogen) atoms. The first kappa shape index (κ1) is 7.14. The Balaban J connectivity index is 4.76. The molecule has 0 spiro atoms. The van der Waals surface area contributed by atoms with Gasteiger partial charge in [0.1, 0.15) is 18.2 Å². The molecular formula is C5HN3O. The maximum Gasteiger partial charge on any atom is 0.282 e. The molecule has 0 radical (unpaired) electrons. The molecule has 0 N–H and O–H groups in total. The van der Waals surface area contributed by atoms with Crippen LogP contribution in [-0.4, -0.2) is 6.29 Å². The predicted molar refractivity (Wildman–Crippen MR) is 25.3 cm³/mol. The van der Waals surface area contributed by atoms with Crippen molar-refractivity contribution in [3.8, 4) is 18.2 Å². The topological polar surface area (TPSA) is 88.4 Å². The summed E-state index contributed by atoms with van der Waals surface area (Å²) >= 11 is 0. The van der Waals surface area contributed by atoms with Gasteiger partial charge in [0.25, 0.3) is 5.41 Å². The molecule has 0 aromatic heterocycles. The highest BCUT2D eigenvalue weighted by Crippen LogP contribution is 2.06. The van der Waals surface area contributed by atoms with Gasteiger partial charge < -0.3 is 0 Å². The van der Waals surface area contributed by atoms with Crippen molar-refractivity contribution >= 4 is 6.29 Å². The summed E-state index contributed by atoms with van der Waals surface area (Å²) in [7, 11) is 0. The molecule has 0 aliphatic carbocycles. The number of nitrogens with zero attached hydrogens (tertiary/aromatic N) is 3. The van der Waals surface area contributed by atoms with E-state index in [2.05, 4.69) is 0 Å². The van der Waals surface area contributed by atoms with Gasteiger partial charge in [-0.05, 0) is 0 Å². The van der Waals surface area contributed by atoms with Gasteiger partial charge in [-0.1, -0.05) is 0 Å². The van der Waals surface area contributed by atoms with E-state index in [9.17, 15) is 4.79 Å². The molecule has 0 rings (SSSR count). The molecule has 0 aliphatic rings. The molecule has 0 saturated heterocycles. The monoisotopic (exact) mass is 119 g/mol. The second kappa shape index (κ2) is 2.45. The van der Waals surface area contributed by atoms with E-state index < -0.39 is 5.41 Å². The lowest BCUT2D eigenvalue weighted by Gasteiger charge is -1.92. The zero-order chi connectivity index (χ0) is 7.33. The first-order valence-corrected chi connectivity index (χ1v) is 1.95. The summed E-state index contributed by atoms with van der Waals surface area (Å²) in [4.78, 5) is 9.85. The van der Waals surface area contributed by atoms with Gasteiger partial charge in [0.2, 0.25) is 0 Å². The van der Waals surface area contributed by atoms with E-state index in [1.165, 1.54) is 18.2 Å². The Morgan fingerprint density at radius 1 is 1.11 bits per heavy atom. The summed E-state index contributed by atoms with van der Waals surface area (Å²) in [6.45, 7) is 0. The van der Waals surface area contributed by atoms with Gasteiger partial charge in [-0.3, -0.25) is 4.79 Å². The Kier molecular flexibility index (Phi) is 1.94. The number of hydrogen-bond donors (Lipinski definition) is 0. The third kappa shape index (κ3) is 1.02. The quantitative estimate of drug-likeness (QED) is 0.445. The van der Waals surface area contributed by atoms with Crippen molar-refractivity contribution in [1.29, 1.82) is 15.8 Å². The van der Waals surface area contributed by atoms with Gasteiger partial charge in [-0.2, -0.15) is 15.8 Å². The van der Waals surface area contributed by atoms with Gasteiger partial charge >= 0.3 is 0 Å². The molecule has 0 aliphatic heterocycles. The second-order valence-corrected chi connectivity index (χ2v) is 1.26. The zero-order valence-electron chi connectivity index (χ0n) is 4.33. The maximum atomic E-state index is 9.85. The largest absolute Gasteiger partial charge is 0.299 e. The van der Waals surface area contributed by atoms with E-state index in [0.29, 0.717) is 0 Å². The molecule has 0 amide bonds. The van der Waals surface area contributed by atoms with E-state index in [-0.39, 0.29) is 6.29 Å². The van der Waals surface area contributed by atoms with Crippen LogP contribution in [0.4, 0.5) is 0 Å². The van der Waals surface area contributed by atoms with Crippen LogP contribution in [0, 0.1) is 39.4 Å². The third-order valence-corrected chi connectivity index (χ3v) is 0.706. The lowest BCUT2D eigenvalue weighted by atomic mass is 9.97. The van der Waals surface area contributed by atoms with Crippen LogP contribution in [-0.2, 0) is 4.79 Å². The van der Waals surface area contributed by atoms with Crippen molar-refractivity contribution in [2.45, 2.75) is 0 Å². The zero-order valence-corrected chi connectivity index (χ0v) is 4.33. The Labute approximate surface area is 51.5 Å². The van der Waals surface area contributed by atoms with Crippen LogP contribution in [0.2, 0.25) is 0 Å². The first-order valence-electron chi connectivity index (χ1n) is 1.95. The van der Waals surface area contributed by atoms with Crippen LogP contribution >= 0.6 is 0 Å². The number of carbonyl (C=O) groups is 1. The fourth-order valence-corrected chi connectivity index (χ4v) is 0.154. The molecule has 0 aromatic rings. The minimum atomic E-state index is -2.10. The van der Waals surface area contributed by atoms with Gasteiger partial charge in [0.05, 0.1) is 0 Å².